The Bertz CT molecular complexity index is 1120. The van der Waals surface area contributed by atoms with Gasteiger partial charge in [-0.3, -0.25) is 0 Å². The van der Waals surface area contributed by atoms with E-state index in [4.69, 9.17) is 0 Å². The molecule has 0 atom stereocenters. The number of aryl methyl sites for hydroxylation is 1. The van der Waals surface area contributed by atoms with E-state index >= 15 is 0 Å². The molecule has 1 heterocycles. The average Bonchev–Trinajstić information content (AvgIpc) is 2.75. The number of hydrogen-bond donors (Lipinski definition) is 1. The van der Waals surface area contributed by atoms with Crippen LogP contribution in [-0.4, -0.2) is 21.3 Å². The second kappa shape index (κ2) is 7.84. The summed E-state index contributed by atoms with van der Waals surface area (Å²) in [4.78, 5) is 13.7. The molecule has 4 nitrogen and oxygen atoms in total. The molecule has 1 aromatic heterocycles. The first-order chi connectivity index (χ1) is 13.7. The molecule has 4 aromatic rings. The first-order valence-corrected chi connectivity index (χ1v) is 9.03. The van der Waals surface area contributed by atoms with Crippen molar-refractivity contribution in [2.75, 3.05) is 0 Å². The average molecular weight is 365 g/mol. The summed E-state index contributed by atoms with van der Waals surface area (Å²) in [6.45, 7) is 1.98. The molecule has 0 saturated carbocycles. The number of aromatic hydroxyl groups is 1. The molecule has 0 saturated heterocycles. The second-order valence-corrected chi connectivity index (χ2v) is 6.49. The van der Waals surface area contributed by atoms with Gasteiger partial charge in [0.15, 0.2) is 0 Å². The summed E-state index contributed by atoms with van der Waals surface area (Å²) in [6, 6.07) is 27.0. The number of benzene rings is 3. The monoisotopic (exact) mass is 365 g/mol. The molecule has 136 valence electrons. The predicted octanol–water partition coefficient (Wildman–Crippen LogP) is 5.58. The Morgan fingerprint density at radius 3 is 2.21 bits per heavy atom. The topological polar surface area (TPSA) is 58.4 Å². The van der Waals surface area contributed by atoms with Gasteiger partial charge in [-0.15, -0.1) is 0 Å². The van der Waals surface area contributed by atoms with Gasteiger partial charge in [0.2, 0.25) is 5.95 Å². The summed E-state index contributed by atoms with van der Waals surface area (Å²) >= 11 is 0. The van der Waals surface area contributed by atoms with E-state index in [9.17, 15) is 5.11 Å². The molecule has 4 rings (SSSR count). The van der Waals surface area contributed by atoms with E-state index in [2.05, 4.69) is 15.0 Å². The van der Waals surface area contributed by atoms with E-state index in [0.29, 0.717) is 17.2 Å². The van der Waals surface area contributed by atoms with Crippen LogP contribution in [0.1, 0.15) is 11.1 Å². The van der Waals surface area contributed by atoms with Gasteiger partial charge >= 0.3 is 0 Å². The lowest BCUT2D eigenvalue weighted by molar-refractivity contribution is 0.477. The minimum atomic E-state index is 0.182. The van der Waals surface area contributed by atoms with Crippen molar-refractivity contribution >= 4 is 12.2 Å². The van der Waals surface area contributed by atoms with Crippen molar-refractivity contribution in [3.05, 3.63) is 96.1 Å². The Morgan fingerprint density at radius 1 is 0.786 bits per heavy atom. The molecule has 0 bridgehead atoms. The number of nitrogens with zero attached hydrogens (tertiary/aromatic N) is 3. The lowest BCUT2D eigenvalue weighted by atomic mass is 10.0. The van der Waals surface area contributed by atoms with Crippen LogP contribution in [0.2, 0.25) is 0 Å². The molecule has 0 fully saturated rings. The van der Waals surface area contributed by atoms with Crippen molar-refractivity contribution in [1.29, 1.82) is 0 Å². The predicted molar refractivity (Wildman–Crippen MR) is 113 cm³/mol. The molecule has 0 aliphatic heterocycles. The fourth-order valence-corrected chi connectivity index (χ4v) is 2.91. The quantitative estimate of drug-likeness (QED) is 0.481. The normalized spacial score (nSPS) is 11.0. The van der Waals surface area contributed by atoms with Crippen molar-refractivity contribution in [3.63, 3.8) is 0 Å². The van der Waals surface area contributed by atoms with Gasteiger partial charge in [-0.2, -0.15) is 0 Å². The van der Waals surface area contributed by atoms with Crippen molar-refractivity contribution in [1.82, 2.24) is 9.97 Å². The second-order valence-electron chi connectivity index (χ2n) is 6.49. The minimum absolute atomic E-state index is 0.182. The van der Waals surface area contributed by atoms with Crippen molar-refractivity contribution < 1.29 is 5.11 Å². The van der Waals surface area contributed by atoms with Gasteiger partial charge in [-0.1, -0.05) is 72.3 Å². The van der Waals surface area contributed by atoms with E-state index in [1.165, 1.54) is 0 Å². The maximum absolute atomic E-state index is 10.3. The molecule has 0 spiro atoms. The zero-order valence-electron chi connectivity index (χ0n) is 15.4. The summed E-state index contributed by atoms with van der Waals surface area (Å²) in [7, 11) is 0. The zero-order valence-corrected chi connectivity index (χ0v) is 15.4. The SMILES string of the molecule is Cc1ccc(O)c(-c2cc(-c3ccccc3)nc(/N=C\c3ccccc3)n2)c1. The molecule has 0 aliphatic carbocycles. The van der Waals surface area contributed by atoms with Gasteiger partial charge < -0.3 is 5.11 Å². The third kappa shape index (κ3) is 3.96. The van der Waals surface area contributed by atoms with E-state index in [0.717, 1.165) is 22.4 Å². The van der Waals surface area contributed by atoms with E-state index in [-0.39, 0.29) is 5.75 Å². The van der Waals surface area contributed by atoms with Gasteiger partial charge in [-0.25, -0.2) is 15.0 Å². The highest BCUT2D eigenvalue weighted by Crippen LogP contribution is 2.32. The van der Waals surface area contributed by atoms with Gasteiger partial charge in [0.1, 0.15) is 5.75 Å². The van der Waals surface area contributed by atoms with Crippen LogP contribution in [0.3, 0.4) is 0 Å². The lowest BCUT2D eigenvalue weighted by Gasteiger charge is -2.09. The van der Waals surface area contributed by atoms with E-state index in [1.807, 2.05) is 85.8 Å². The van der Waals surface area contributed by atoms with Crippen LogP contribution < -0.4 is 0 Å². The van der Waals surface area contributed by atoms with Crippen LogP contribution >= 0.6 is 0 Å². The fourth-order valence-electron chi connectivity index (χ4n) is 2.91. The maximum atomic E-state index is 10.3. The van der Waals surface area contributed by atoms with Gasteiger partial charge in [0, 0.05) is 17.3 Å². The molecule has 0 aliphatic rings. The van der Waals surface area contributed by atoms with E-state index < -0.39 is 0 Å². The number of aliphatic imine (C=N–C) groups is 1. The summed E-state index contributed by atoms with van der Waals surface area (Å²) in [5, 5.41) is 10.3. The molecule has 4 heteroatoms. The number of aromatic nitrogens is 2. The van der Waals surface area contributed by atoms with Crippen LogP contribution in [0.4, 0.5) is 5.95 Å². The van der Waals surface area contributed by atoms with Crippen LogP contribution in [0.15, 0.2) is 89.9 Å². The van der Waals surface area contributed by atoms with Gasteiger partial charge in [0.25, 0.3) is 0 Å². The molecular formula is C24H19N3O. The summed E-state index contributed by atoms with van der Waals surface area (Å²) < 4.78 is 0. The number of phenolic OH excluding ortho intramolecular Hbond substituents is 1. The first-order valence-electron chi connectivity index (χ1n) is 9.03. The first kappa shape index (κ1) is 17.6. The Kier molecular flexibility index (Phi) is 4.93. The van der Waals surface area contributed by atoms with Crippen LogP contribution in [0.5, 0.6) is 5.75 Å². The lowest BCUT2D eigenvalue weighted by Crippen LogP contribution is -1.93. The Hall–Kier alpha value is -3.79. The molecule has 3 aromatic carbocycles. The van der Waals surface area contributed by atoms with Crippen LogP contribution in [0, 0.1) is 6.92 Å². The molecule has 28 heavy (non-hydrogen) atoms. The Balaban J connectivity index is 1.84. The van der Waals surface area contributed by atoms with E-state index in [1.54, 1.807) is 12.3 Å². The Morgan fingerprint density at radius 2 is 1.46 bits per heavy atom. The number of phenols is 1. The minimum Gasteiger partial charge on any atom is -0.507 e. The number of rotatable bonds is 4. The van der Waals surface area contributed by atoms with Gasteiger partial charge in [0.05, 0.1) is 11.4 Å². The van der Waals surface area contributed by atoms with Crippen LogP contribution in [0.25, 0.3) is 22.5 Å². The highest BCUT2D eigenvalue weighted by Gasteiger charge is 2.11. The fraction of sp³-hybridized carbons (Fsp3) is 0.0417. The standard InChI is InChI=1S/C24H19N3O/c1-17-12-13-23(28)20(14-17)22-15-21(19-10-6-3-7-11-19)26-24(27-22)25-16-18-8-4-2-5-9-18/h2-16,28H,1H3/b25-16-. The van der Waals surface area contributed by atoms with Gasteiger partial charge in [-0.05, 0) is 30.7 Å². The highest BCUT2D eigenvalue weighted by molar-refractivity contribution is 5.81. The Labute approximate surface area is 163 Å². The summed E-state index contributed by atoms with van der Waals surface area (Å²) in [5.74, 6) is 0.530. The molecule has 0 amide bonds. The van der Waals surface area contributed by atoms with Crippen molar-refractivity contribution in [3.8, 4) is 28.3 Å². The number of hydrogen-bond acceptors (Lipinski definition) is 4. The smallest absolute Gasteiger partial charge is 0.250 e. The molecule has 0 unspecified atom stereocenters. The molecular weight excluding hydrogens is 346 g/mol. The van der Waals surface area contributed by atoms with Crippen molar-refractivity contribution in [2.45, 2.75) is 6.92 Å². The largest absolute Gasteiger partial charge is 0.507 e. The van der Waals surface area contributed by atoms with Crippen molar-refractivity contribution in [2.24, 2.45) is 4.99 Å². The summed E-state index contributed by atoms with van der Waals surface area (Å²) in [5.41, 5.74) is 5.03. The third-order valence-corrected chi connectivity index (χ3v) is 4.34. The molecule has 0 radical (unpaired) electrons. The maximum Gasteiger partial charge on any atom is 0.250 e. The molecule has 1 N–H and O–H groups in total. The third-order valence-electron chi connectivity index (χ3n) is 4.34. The zero-order chi connectivity index (χ0) is 19.3. The van der Waals surface area contributed by atoms with Crippen LogP contribution in [-0.2, 0) is 0 Å². The summed E-state index contributed by atoms with van der Waals surface area (Å²) in [6.07, 6.45) is 1.74. The highest BCUT2D eigenvalue weighted by atomic mass is 16.3.